The summed E-state index contributed by atoms with van der Waals surface area (Å²) in [6, 6.07) is 13.6. The van der Waals surface area contributed by atoms with Gasteiger partial charge in [0.25, 0.3) is 5.91 Å². The topological polar surface area (TPSA) is 127 Å². The van der Waals surface area contributed by atoms with Crippen LogP contribution in [0.15, 0.2) is 53.4 Å². The summed E-state index contributed by atoms with van der Waals surface area (Å²) in [5.74, 6) is 0.339. The molecule has 0 atom stereocenters. The second-order valence-corrected chi connectivity index (χ2v) is 13.2. The predicted octanol–water partition coefficient (Wildman–Crippen LogP) is 4.32. The molecule has 1 saturated heterocycles. The first-order chi connectivity index (χ1) is 21.1. The minimum Gasteiger partial charge on any atom is -0.492 e. The van der Waals surface area contributed by atoms with Gasteiger partial charge in [-0.25, -0.2) is 18.2 Å². The Morgan fingerprint density at radius 1 is 1.00 bits per heavy atom. The molecule has 0 saturated carbocycles. The average Bonchev–Trinajstić information content (AvgIpc) is 3.60. The number of piperazine rings is 1. The van der Waals surface area contributed by atoms with E-state index in [9.17, 15) is 18.0 Å². The molecule has 1 aliphatic rings. The molecule has 4 aromatic rings. The molecule has 234 valence electrons. The van der Waals surface area contributed by atoms with Crippen molar-refractivity contribution in [3.8, 4) is 5.75 Å². The number of thiazole rings is 1. The number of aryl methyl sites for hydroxylation is 2. The fourth-order valence-corrected chi connectivity index (χ4v) is 7.51. The largest absolute Gasteiger partial charge is 0.492 e. The van der Waals surface area contributed by atoms with Crippen LogP contribution < -0.4 is 9.64 Å². The molecule has 1 fully saturated rings. The van der Waals surface area contributed by atoms with Crippen molar-refractivity contribution in [2.24, 2.45) is 0 Å². The highest BCUT2D eigenvalue weighted by atomic mass is 32.2. The van der Waals surface area contributed by atoms with Crippen LogP contribution in [0.3, 0.4) is 0 Å². The molecular formula is C30H36N6O6S2. The van der Waals surface area contributed by atoms with E-state index in [0.717, 1.165) is 16.1 Å². The van der Waals surface area contributed by atoms with Gasteiger partial charge in [0, 0.05) is 44.0 Å². The van der Waals surface area contributed by atoms with Gasteiger partial charge in [-0.05, 0) is 70.2 Å². The van der Waals surface area contributed by atoms with Crippen molar-refractivity contribution in [2.75, 3.05) is 50.8 Å². The number of fused-ring (bicyclic) bond motifs is 1. The summed E-state index contributed by atoms with van der Waals surface area (Å²) >= 11 is 1.39. The van der Waals surface area contributed by atoms with E-state index in [0.29, 0.717) is 41.7 Å². The van der Waals surface area contributed by atoms with Crippen molar-refractivity contribution in [1.82, 2.24) is 24.0 Å². The van der Waals surface area contributed by atoms with Crippen LogP contribution in [0.2, 0.25) is 0 Å². The van der Waals surface area contributed by atoms with E-state index in [4.69, 9.17) is 14.5 Å². The van der Waals surface area contributed by atoms with Crippen LogP contribution >= 0.6 is 11.3 Å². The fourth-order valence-electron chi connectivity index (χ4n) is 5.08. The Kier molecular flexibility index (Phi) is 9.51. The number of hydrogen-bond donors (Lipinski definition) is 0. The van der Waals surface area contributed by atoms with E-state index < -0.39 is 16.1 Å². The lowest BCUT2D eigenvalue weighted by atomic mass is 10.2. The lowest BCUT2D eigenvalue weighted by Gasteiger charge is -2.33. The molecule has 0 spiro atoms. The number of rotatable bonds is 10. The van der Waals surface area contributed by atoms with Crippen LogP contribution in [0.4, 0.5) is 9.93 Å². The maximum atomic E-state index is 14.0. The van der Waals surface area contributed by atoms with Crippen molar-refractivity contribution < 1.29 is 27.5 Å². The maximum Gasteiger partial charge on any atom is 0.409 e. The van der Waals surface area contributed by atoms with Crippen molar-refractivity contribution in [3.63, 3.8) is 0 Å². The van der Waals surface area contributed by atoms with Crippen molar-refractivity contribution in [2.45, 2.75) is 39.1 Å². The van der Waals surface area contributed by atoms with Gasteiger partial charge in [-0.1, -0.05) is 17.4 Å². The van der Waals surface area contributed by atoms with Gasteiger partial charge in [0.15, 0.2) is 5.13 Å². The normalized spacial score (nSPS) is 14.1. The molecule has 0 N–H and O–H groups in total. The second-order valence-electron chi connectivity index (χ2n) is 10.3. The Bertz CT molecular complexity index is 1740. The Morgan fingerprint density at radius 2 is 1.73 bits per heavy atom. The zero-order valence-corrected chi connectivity index (χ0v) is 26.9. The third kappa shape index (κ3) is 6.56. The van der Waals surface area contributed by atoms with Crippen LogP contribution in [0.25, 0.3) is 10.2 Å². The number of ether oxygens (including phenoxy) is 2. The molecule has 0 radical (unpaired) electrons. The van der Waals surface area contributed by atoms with Crippen LogP contribution in [0, 0.1) is 13.8 Å². The highest BCUT2D eigenvalue weighted by Crippen LogP contribution is 2.35. The zero-order chi connectivity index (χ0) is 31.4. The minimum atomic E-state index is -3.82. The highest BCUT2D eigenvalue weighted by Gasteiger charge is 2.31. The number of carbonyl (C=O) groups excluding carboxylic acids is 2. The van der Waals surface area contributed by atoms with Crippen LogP contribution in [-0.4, -0.2) is 90.3 Å². The number of nitrogens with zero attached hydrogens (tertiary/aromatic N) is 6. The first-order valence-electron chi connectivity index (χ1n) is 14.5. The Balaban J connectivity index is 1.38. The number of carbonyl (C=O) groups is 2. The van der Waals surface area contributed by atoms with Gasteiger partial charge in [0.1, 0.15) is 11.3 Å². The van der Waals surface area contributed by atoms with E-state index in [-0.39, 0.29) is 43.6 Å². The second kappa shape index (κ2) is 13.3. The fraction of sp³-hybridized carbons (Fsp3) is 0.400. The minimum absolute atomic E-state index is 0.0779. The number of hydrogen-bond acceptors (Lipinski definition) is 9. The number of aromatic nitrogens is 3. The van der Waals surface area contributed by atoms with Gasteiger partial charge in [0.2, 0.25) is 10.0 Å². The van der Waals surface area contributed by atoms with Gasteiger partial charge in [-0.3, -0.25) is 14.4 Å². The molecular weight excluding hydrogens is 605 g/mol. The third-order valence-electron chi connectivity index (χ3n) is 7.29. The van der Waals surface area contributed by atoms with Gasteiger partial charge in [0.05, 0.1) is 35.0 Å². The summed E-state index contributed by atoms with van der Waals surface area (Å²) in [4.78, 5) is 34.0. The molecule has 0 bridgehead atoms. The van der Waals surface area contributed by atoms with Gasteiger partial charge in [-0.2, -0.15) is 9.40 Å². The molecule has 1 aliphatic heterocycles. The quantitative estimate of drug-likeness (QED) is 0.251. The molecule has 2 amide bonds. The first kappa shape index (κ1) is 31.4. The number of amides is 2. The Morgan fingerprint density at radius 3 is 2.36 bits per heavy atom. The Hall–Kier alpha value is -4.01. The molecule has 3 heterocycles. The SMILES string of the molecule is CCOC(=O)N1CCN(S(=O)(=O)c2ccc(C(=O)N(CCn3nc(C)cc3C)c3nc4c(OCC)cccc4s3)cc2)CC1. The number of sulfonamides is 1. The average molecular weight is 641 g/mol. The molecule has 5 rings (SSSR count). The third-order valence-corrected chi connectivity index (χ3v) is 10.2. The van der Waals surface area contributed by atoms with Crippen LogP contribution in [-0.2, 0) is 21.3 Å². The Labute approximate surface area is 260 Å². The first-order valence-corrected chi connectivity index (χ1v) is 16.7. The highest BCUT2D eigenvalue weighted by molar-refractivity contribution is 7.89. The molecule has 2 aromatic carbocycles. The summed E-state index contributed by atoms with van der Waals surface area (Å²) in [5, 5.41) is 5.05. The van der Waals surface area contributed by atoms with E-state index in [2.05, 4.69) is 5.10 Å². The molecule has 14 heteroatoms. The van der Waals surface area contributed by atoms with Crippen molar-refractivity contribution >= 4 is 48.7 Å². The van der Waals surface area contributed by atoms with E-state index in [1.165, 1.54) is 44.8 Å². The van der Waals surface area contributed by atoms with Crippen molar-refractivity contribution in [1.29, 1.82) is 0 Å². The molecule has 2 aromatic heterocycles. The number of para-hydroxylation sites is 1. The van der Waals surface area contributed by atoms with E-state index in [1.54, 1.807) is 11.8 Å². The smallest absolute Gasteiger partial charge is 0.409 e. The molecule has 44 heavy (non-hydrogen) atoms. The molecule has 0 unspecified atom stereocenters. The van der Waals surface area contributed by atoms with Gasteiger partial charge in [-0.15, -0.1) is 0 Å². The summed E-state index contributed by atoms with van der Waals surface area (Å²) in [7, 11) is -3.82. The number of anilines is 1. The molecule has 0 aliphatic carbocycles. The van der Waals surface area contributed by atoms with E-state index >= 15 is 0 Å². The van der Waals surface area contributed by atoms with Crippen LogP contribution in [0.1, 0.15) is 35.6 Å². The monoisotopic (exact) mass is 640 g/mol. The van der Waals surface area contributed by atoms with Gasteiger partial charge >= 0.3 is 6.09 Å². The van der Waals surface area contributed by atoms with E-state index in [1.807, 2.05) is 49.7 Å². The maximum absolute atomic E-state index is 14.0. The molecule has 12 nitrogen and oxygen atoms in total. The summed E-state index contributed by atoms with van der Waals surface area (Å²) < 4.78 is 41.6. The predicted molar refractivity (Wildman–Crippen MR) is 168 cm³/mol. The lowest BCUT2D eigenvalue weighted by Crippen LogP contribution is -2.50. The van der Waals surface area contributed by atoms with Gasteiger partial charge < -0.3 is 14.4 Å². The lowest BCUT2D eigenvalue weighted by molar-refractivity contribution is 0.0933. The summed E-state index contributed by atoms with van der Waals surface area (Å²) in [6.45, 7) is 9.82. The summed E-state index contributed by atoms with van der Waals surface area (Å²) in [6.07, 6.45) is -0.447. The number of benzene rings is 2. The van der Waals surface area contributed by atoms with Crippen LogP contribution in [0.5, 0.6) is 5.75 Å². The zero-order valence-electron chi connectivity index (χ0n) is 25.2. The summed E-state index contributed by atoms with van der Waals surface area (Å²) in [5.41, 5.74) is 2.88. The standard InChI is InChI=1S/C30H36N6O6S2/c1-5-41-25-8-7-9-26-27(25)31-29(43-26)35(18-19-36-22(4)20-21(3)32-36)28(37)23-10-12-24(13-11-23)44(39,40)34-16-14-33(15-17-34)30(38)42-6-2/h7-13,20H,5-6,14-19H2,1-4H3. The van der Waals surface area contributed by atoms with Crippen molar-refractivity contribution in [3.05, 3.63) is 65.5 Å².